The Morgan fingerprint density at radius 1 is 1.10 bits per heavy atom. The Morgan fingerprint density at radius 3 is 2.65 bits per heavy atom. The van der Waals surface area contributed by atoms with Crippen molar-refractivity contribution in [2.45, 2.75) is 32.3 Å². The van der Waals surface area contributed by atoms with Gasteiger partial charge in [-0.2, -0.15) is 0 Å². The second-order valence-electron chi connectivity index (χ2n) is 9.54. The van der Waals surface area contributed by atoms with Crippen LogP contribution in [0.4, 0.5) is 11.6 Å². The van der Waals surface area contributed by atoms with Gasteiger partial charge in [0.2, 0.25) is 5.95 Å². The van der Waals surface area contributed by atoms with Gasteiger partial charge in [-0.1, -0.05) is 6.07 Å². The van der Waals surface area contributed by atoms with Crippen molar-refractivity contribution in [2.24, 2.45) is 17.8 Å². The summed E-state index contributed by atoms with van der Waals surface area (Å²) in [5.41, 5.74) is 3.38. The van der Waals surface area contributed by atoms with Gasteiger partial charge < -0.3 is 15.3 Å². The number of hydrogen-bond acceptors (Lipinski definition) is 7. The van der Waals surface area contributed by atoms with Crippen LogP contribution in [0.3, 0.4) is 0 Å². The van der Waals surface area contributed by atoms with Crippen LogP contribution in [0.5, 0.6) is 0 Å². The molecule has 3 saturated heterocycles. The van der Waals surface area contributed by atoms with Gasteiger partial charge in [-0.25, -0.2) is 15.0 Å². The van der Waals surface area contributed by atoms with E-state index in [4.69, 9.17) is 4.98 Å². The van der Waals surface area contributed by atoms with E-state index in [2.05, 4.69) is 45.3 Å². The fraction of sp³-hybridized carbons (Fsp3) is 0.458. The minimum absolute atomic E-state index is 0.311. The van der Waals surface area contributed by atoms with Crippen molar-refractivity contribution in [3.63, 3.8) is 0 Å². The Morgan fingerprint density at radius 2 is 1.90 bits per heavy atom. The molecule has 4 fully saturated rings. The number of hydrogen-bond donors (Lipinski definition) is 2. The third kappa shape index (κ3) is 3.26. The summed E-state index contributed by atoms with van der Waals surface area (Å²) in [5.74, 6) is 1.97. The maximum atomic E-state index is 11.8. The first-order valence-corrected chi connectivity index (χ1v) is 11.9. The molecule has 5 heterocycles. The molecule has 7 heteroatoms. The smallest absolute Gasteiger partial charge is 0.227 e. The summed E-state index contributed by atoms with van der Waals surface area (Å²) in [4.78, 5) is 17.2. The third-order valence-corrected chi connectivity index (χ3v) is 8.40. The molecule has 3 aromatic rings. The van der Waals surface area contributed by atoms with Gasteiger partial charge in [-0.05, 0) is 61.9 Å². The number of aromatic nitrogens is 3. The van der Waals surface area contributed by atoms with E-state index in [1.807, 2.05) is 19.2 Å². The number of thiazole rings is 1. The van der Waals surface area contributed by atoms with Gasteiger partial charge in [0, 0.05) is 55.2 Å². The molecule has 1 saturated carbocycles. The molecule has 2 unspecified atom stereocenters. The quantitative estimate of drug-likeness (QED) is 0.645. The Bertz CT molecular complexity index is 1110. The number of nitrogens with one attached hydrogen (secondary N) is 1. The highest BCUT2D eigenvalue weighted by Crippen LogP contribution is 2.55. The van der Waals surface area contributed by atoms with Crippen molar-refractivity contribution in [1.82, 2.24) is 19.9 Å². The molecule has 31 heavy (non-hydrogen) atoms. The van der Waals surface area contributed by atoms with Crippen LogP contribution in [0.15, 0.2) is 36.7 Å². The minimum atomic E-state index is -0.767. The molecule has 0 radical (unpaired) electrons. The molecule has 160 valence electrons. The van der Waals surface area contributed by atoms with Crippen LogP contribution in [0.25, 0.3) is 10.4 Å². The molecule has 4 aliphatic rings. The van der Waals surface area contributed by atoms with Gasteiger partial charge in [0.15, 0.2) is 0 Å². The van der Waals surface area contributed by atoms with Crippen LogP contribution in [0.1, 0.15) is 29.1 Å². The lowest BCUT2D eigenvalue weighted by Crippen LogP contribution is -2.64. The Hall–Kier alpha value is -2.35. The number of anilines is 2. The normalized spacial score (nSPS) is 31.2. The van der Waals surface area contributed by atoms with Crippen molar-refractivity contribution in [2.75, 3.05) is 25.0 Å². The van der Waals surface area contributed by atoms with E-state index < -0.39 is 5.60 Å². The lowest BCUT2D eigenvalue weighted by atomic mass is 9.59. The van der Waals surface area contributed by atoms with Gasteiger partial charge in [0.25, 0.3) is 0 Å². The van der Waals surface area contributed by atoms with E-state index in [1.54, 1.807) is 17.5 Å². The van der Waals surface area contributed by atoms with Crippen molar-refractivity contribution < 1.29 is 5.11 Å². The summed E-state index contributed by atoms with van der Waals surface area (Å²) >= 11 is 1.65. The second kappa shape index (κ2) is 7.08. The Kier molecular flexibility index (Phi) is 4.42. The summed E-state index contributed by atoms with van der Waals surface area (Å²) in [6.45, 7) is 7.28. The molecule has 1 aliphatic carbocycles. The van der Waals surface area contributed by atoms with E-state index in [9.17, 15) is 5.11 Å². The highest BCUT2D eigenvalue weighted by Gasteiger charge is 2.58. The molecule has 4 bridgehead atoms. The van der Waals surface area contributed by atoms with E-state index in [0.29, 0.717) is 17.8 Å². The summed E-state index contributed by atoms with van der Waals surface area (Å²) < 4.78 is 0. The van der Waals surface area contributed by atoms with E-state index in [0.717, 1.165) is 64.2 Å². The molecule has 6 nitrogen and oxygen atoms in total. The SMILES string of the molecule is Cc1cc(Nc2nccc(C)n2)cc(-c2cnc(C3(O)C4CC5CC3CN(C5)C4)s2)c1. The number of rotatable bonds is 4. The molecular formula is C24H27N5OS. The zero-order chi connectivity index (χ0) is 21.2. The monoisotopic (exact) mass is 433 g/mol. The van der Waals surface area contributed by atoms with Crippen LogP contribution in [-0.4, -0.2) is 44.6 Å². The average Bonchev–Trinajstić information content (AvgIpc) is 3.22. The van der Waals surface area contributed by atoms with Crippen LogP contribution in [0, 0.1) is 31.6 Å². The van der Waals surface area contributed by atoms with Gasteiger partial charge in [-0.3, -0.25) is 0 Å². The lowest BCUT2D eigenvalue weighted by molar-refractivity contribution is -0.189. The molecule has 2 N–H and O–H groups in total. The number of aryl methyl sites for hydroxylation is 2. The van der Waals surface area contributed by atoms with E-state index >= 15 is 0 Å². The summed E-state index contributed by atoms with van der Waals surface area (Å²) in [7, 11) is 0. The van der Waals surface area contributed by atoms with Crippen LogP contribution in [-0.2, 0) is 5.60 Å². The van der Waals surface area contributed by atoms with Crippen molar-refractivity contribution in [3.05, 3.63) is 52.9 Å². The van der Waals surface area contributed by atoms with E-state index in [-0.39, 0.29) is 0 Å². The minimum Gasteiger partial charge on any atom is -0.382 e. The molecule has 1 aromatic carbocycles. The van der Waals surface area contributed by atoms with Crippen molar-refractivity contribution in [1.29, 1.82) is 0 Å². The van der Waals surface area contributed by atoms with Gasteiger partial charge >= 0.3 is 0 Å². The van der Waals surface area contributed by atoms with Crippen molar-refractivity contribution in [3.8, 4) is 10.4 Å². The molecular weight excluding hydrogens is 406 g/mol. The molecule has 2 atom stereocenters. The molecule has 0 amide bonds. The maximum absolute atomic E-state index is 11.8. The number of piperidine rings is 3. The summed E-state index contributed by atoms with van der Waals surface area (Å²) in [6.07, 6.45) is 5.96. The largest absolute Gasteiger partial charge is 0.382 e. The highest BCUT2D eigenvalue weighted by atomic mass is 32.1. The lowest BCUT2D eigenvalue weighted by Gasteiger charge is -2.59. The van der Waals surface area contributed by atoms with Gasteiger partial charge in [-0.15, -0.1) is 11.3 Å². The number of aliphatic hydroxyl groups is 1. The van der Waals surface area contributed by atoms with Crippen LogP contribution >= 0.6 is 11.3 Å². The first-order valence-electron chi connectivity index (χ1n) is 11.1. The zero-order valence-electron chi connectivity index (χ0n) is 17.9. The standard InChI is InChI=1S/C24H27N5OS/c1-14-5-17(9-20(6-14)28-23-25-4-3-15(2)27-23)21-10-26-22(31-21)24(30)18-7-16-8-19(24)13-29(11-16)12-18/h3-6,9-10,16,18-19,30H,7-8,11-13H2,1-2H3,(H,25,27,28). The average molecular weight is 434 g/mol. The molecule has 7 rings (SSSR count). The summed E-state index contributed by atoms with van der Waals surface area (Å²) in [5, 5.41) is 16.1. The third-order valence-electron chi connectivity index (χ3n) is 7.22. The fourth-order valence-corrected chi connectivity index (χ4v) is 7.11. The van der Waals surface area contributed by atoms with Gasteiger partial charge in [0.05, 0.1) is 4.88 Å². The van der Waals surface area contributed by atoms with Crippen LogP contribution < -0.4 is 5.32 Å². The van der Waals surface area contributed by atoms with Crippen molar-refractivity contribution >= 4 is 23.0 Å². The highest BCUT2D eigenvalue weighted by molar-refractivity contribution is 7.15. The number of benzene rings is 1. The first kappa shape index (κ1) is 19.3. The van der Waals surface area contributed by atoms with E-state index in [1.165, 1.54) is 6.54 Å². The second-order valence-corrected chi connectivity index (χ2v) is 10.6. The predicted octanol–water partition coefficient (Wildman–Crippen LogP) is 4.12. The predicted molar refractivity (Wildman–Crippen MR) is 122 cm³/mol. The zero-order valence-corrected chi connectivity index (χ0v) is 18.7. The fourth-order valence-electron chi connectivity index (χ4n) is 5.96. The number of nitrogens with zero attached hydrogens (tertiary/aromatic N) is 4. The van der Waals surface area contributed by atoms with Gasteiger partial charge in [0.1, 0.15) is 10.6 Å². The molecule has 2 aromatic heterocycles. The first-order chi connectivity index (χ1) is 15.0. The maximum Gasteiger partial charge on any atom is 0.227 e. The molecule has 0 spiro atoms. The Balaban J connectivity index is 1.31. The Labute approximate surface area is 186 Å². The molecule has 3 aliphatic heterocycles. The topological polar surface area (TPSA) is 74.2 Å². The van der Waals surface area contributed by atoms with Crippen LogP contribution in [0.2, 0.25) is 0 Å². The summed E-state index contributed by atoms with van der Waals surface area (Å²) in [6, 6.07) is 8.27.